The number of hydrogen-bond acceptors (Lipinski definition) is 8. The van der Waals surface area contributed by atoms with Gasteiger partial charge in [0, 0.05) is 93.4 Å². The van der Waals surface area contributed by atoms with Crippen LogP contribution in [0.4, 0.5) is 32.8 Å². The molecule has 0 aliphatic carbocycles. The minimum atomic E-state index is -5.04. The average molecular weight is 885 g/mol. The van der Waals surface area contributed by atoms with Crippen molar-refractivity contribution in [3.63, 3.8) is 0 Å². The molecule has 0 radical (unpaired) electrons. The molecule has 7 rings (SSSR count). The molecule has 0 unspecified atom stereocenters. The molecule has 19 heteroatoms. The first-order valence-corrected chi connectivity index (χ1v) is 21.6. The summed E-state index contributed by atoms with van der Waals surface area (Å²) in [6.45, 7) is 12.6. The highest BCUT2D eigenvalue weighted by Crippen LogP contribution is 2.39. The Morgan fingerprint density at radius 2 is 1.56 bits per heavy atom. The van der Waals surface area contributed by atoms with Crippen LogP contribution in [0.2, 0.25) is 0 Å². The van der Waals surface area contributed by atoms with E-state index in [4.69, 9.17) is 4.74 Å². The van der Waals surface area contributed by atoms with Crippen LogP contribution in [0, 0.1) is 23.2 Å². The number of piperazine rings is 1. The first-order valence-electron chi connectivity index (χ1n) is 21.6. The number of nitrogens with one attached hydrogen (secondary N) is 3. The first-order chi connectivity index (χ1) is 29.8. The monoisotopic (exact) mass is 884 g/mol. The van der Waals surface area contributed by atoms with Crippen molar-refractivity contribution in [3.05, 3.63) is 54.2 Å². The lowest BCUT2D eigenvalue weighted by Crippen LogP contribution is -2.56. The Morgan fingerprint density at radius 1 is 0.905 bits per heavy atom. The average Bonchev–Trinajstić information content (AvgIpc) is 3.84. The number of amides is 5. The standard InChI is InChI=1S/C44H56F4N8O7/c1-26-23-33(56(25-26)39(57)36(51-42(60)61)29-13-21-62-22-14-29)38-50-35(37(45)52-38)28-7-5-27(6-8-28)32-10-9-30(24-34(32)63-44(46,47)48)49-41(59)55-15-11-31(12-16-55)53-17-19-54(20-18-53)40(58)43(2,3)4/h5-10,24,26,29,31,33,36,51H,11-23,25H2,1-4H3,(H,49,59)(H,50,52)(H,60,61)/t26-,33-,36-/m0/s1. The Hall–Kier alpha value is -5.43. The number of benzene rings is 2. The minimum absolute atomic E-state index is 0.0197. The molecule has 5 heterocycles. The summed E-state index contributed by atoms with van der Waals surface area (Å²) in [5, 5.41) is 14.7. The Kier molecular flexibility index (Phi) is 13.6. The molecule has 63 heavy (non-hydrogen) atoms. The predicted octanol–water partition coefficient (Wildman–Crippen LogP) is 6.94. The van der Waals surface area contributed by atoms with Crippen molar-refractivity contribution in [3.8, 4) is 28.1 Å². The van der Waals surface area contributed by atoms with Crippen molar-refractivity contribution >= 4 is 29.6 Å². The number of anilines is 1. The van der Waals surface area contributed by atoms with Crippen LogP contribution in [-0.2, 0) is 14.3 Å². The van der Waals surface area contributed by atoms with E-state index < -0.39 is 53.6 Å². The topological polar surface area (TPSA) is 173 Å². The number of aromatic nitrogens is 2. The lowest BCUT2D eigenvalue weighted by atomic mass is 9.90. The molecular weight excluding hydrogens is 829 g/mol. The highest BCUT2D eigenvalue weighted by atomic mass is 19.4. The third kappa shape index (κ3) is 10.9. The van der Waals surface area contributed by atoms with Gasteiger partial charge in [0.25, 0.3) is 0 Å². The molecular formula is C44H56F4N8O7. The fourth-order valence-corrected chi connectivity index (χ4v) is 9.27. The van der Waals surface area contributed by atoms with Gasteiger partial charge in [-0.1, -0.05) is 52.0 Å². The van der Waals surface area contributed by atoms with Crippen LogP contribution in [0.3, 0.4) is 0 Å². The fourth-order valence-electron chi connectivity index (χ4n) is 9.27. The first kappa shape index (κ1) is 45.6. The highest BCUT2D eigenvalue weighted by molar-refractivity contribution is 5.91. The van der Waals surface area contributed by atoms with Crippen molar-refractivity contribution in [1.82, 2.24) is 34.9 Å². The normalized spacial score (nSPS) is 21.3. The van der Waals surface area contributed by atoms with Crippen LogP contribution >= 0.6 is 0 Å². The van der Waals surface area contributed by atoms with Gasteiger partial charge in [-0.3, -0.25) is 14.5 Å². The lowest BCUT2D eigenvalue weighted by molar-refractivity contribution is -0.274. The van der Waals surface area contributed by atoms with Crippen molar-refractivity contribution in [1.29, 1.82) is 0 Å². The summed E-state index contributed by atoms with van der Waals surface area (Å²) in [5.74, 6) is -1.65. The van der Waals surface area contributed by atoms with E-state index in [-0.39, 0.29) is 46.6 Å². The number of alkyl halides is 3. The summed E-state index contributed by atoms with van der Waals surface area (Å²) in [7, 11) is 0. The van der Waals surface area contributed by atoms with Crippen LogP contribution in [0.15, 0.2) is 42.5 Å². The van der Waals surface area contributed by atoms with Gasteiger partial charge in [-0.15, -0.1) is 13.2 Å². The number of rotatable bonds is 9. The summed E-state index contributed by atoms with van der Waals surface area (Å²) >= 11 is 0. The highest BCUT2D eigenvalue weighted by Gasteiger charge is 2.43. The Morgan fingerprint density at radius 3 is 2.17 bits per heavy atom. The zero-order valence-electron chi connectivity index (χ0n) is 36.0. The summed E-state index contributed by atoms with van der Waals surface area (Å²) in [4.78, 5) is 66.3. The number of aromatic amines is 1. The molecule has 4 fully saturated rings. The number of H-pyrrole nitrogens is 1. The number of halogens is 4. The van der Waals surface area contributed by atoms with Gasteiger partial charge in [0.15, 0.2) is 0 Å². The van der Waals surface area contributed by atoms with Crippen LogP contribution in [0.1, 0.15) is 71.7 Å². The summed E-state index contributed by atoms with van der Waals surface area (Å²) in [6, 6.07) is 8.22. The molecule has 0 bridgehead atoms. The number of likely N-dealkylation sites (tertiary alicyclic amines) is 2. The number of urea groups is 1. The molecule has 15 nitrogen and oxygen atoms in total. The summed E-state index contributed by atoms with van der Waals surface area (Å²) in [6.07, 6.45) is -3.43. The van der Waals surface area contributed by atoms with E-state index in [1.165, 1.54) is 36.4 Å². The van der Waals surface area contributed by atoms with Crippen LogP contribution < -0.4 is 15.4 Å². The molecule has 0 spiro atoms. The number of carboxylic acid groups (broad SMARTS) is 1. The van der Waals surface area contributed by atoms with E-state index in [0.29, 0.717) is 76.3 Å². The van der Waals surface area contributed by atoms with Gasteiger partial charge in [0.2, 0.25) is 17.8 Å². The number of nitrogens with zero attached hydrogens (tertiary/aromatic N) is 5. The molecule has 4 aliphatic heterocycles. The molecule has 2 aromatic carbocycles. The van der Waals surface area contributed by atoms with Crippen LogP contribution in [-0.4, -0.2) is 136 Å². The second kappa shape index (κ2) is 18.7. The zero-order valence-corrected chi connectivity index (χ0v) is 36.0. The molecule has 3 aromatic rings. The Balaban J connectivity index is 1.01. The number of carbonyl (C=O) groups excluding carboxylic acids is 3. The minimum Gasteiger partial charge on any atom is -0.465 e. The third-order valence-corrected chi connectivity index (χ3v) is 12.5. The van der Waals surface area contributed by atoms with Crippen LogP contribution in [0.25, 0.3) is 22.4 Å². The van der Waals surface area contributed by atoms with Gasteiger partial charge in [-0.2, -0.15) is 4.39 Å². The molecule has 4 N–H and O–H groups in total. The Bertz CT molecular complexity index is 2120. The molecule has 1 aromatic heterocycles. The van der Waals surface area contributed by atoms with Crippen molar-refractivity contribution in [2.24, 2.45) is 17.3 Å². The van der Waals surface area contributed by atoms with E-state index in [2.05, 4.69) is 30.2 Å². The van der Waals surface area contributed by atoms with E-state index in [9.17, 15) is 37.5 Å². The lowest BCUT2D eigenvalue weighted by Gasteiger charge is -2.43. The van der Waals surface area contributed by atoms with Gasteiger partial charge in [0.05, 0.1) is 6.04 Å². The van der Waals surface area contributed by atoms with Crippen molar-refractivity contribution in [2.45, 2.75) is 84.3 Å². The number of imidazole rings is 1. The van der Waals surface area contributed by atoms with E-state index in [0.717, 1.165) is 32.0 Å². The van der Waals surface area contributed by atoms with Gasteiger partial charge in [-0.05, 0) is 61.6 Å². The van der Waals surface area contributed by atoms with Crippen molar-refractivity contribution < 1.29 is 51.3 Å². The van der Waals surface area contributed by atoms with E-state index in [1.807, 2.05) is 32.6 Å². The van der Waals surface area contributed by atoms with Gasteiger partial charge in [-0.25, -0.2) is 14.6 Å². The fraction of sp³-hybridized carbons (Fsp3) is 0.568. The second-order valence-electron chi connectivity index (χ2n) is 18.1. The van der Waals surface area contributed by atoms with Gasteiger partial charge in [0.1, 0.15) is 23.3 Å². The van der Waals surface area contributed by atoms with E-state index >= 15 is 4.39 Å². The Labute approximate surface area is 363 Å². The van der Waals surface area contributed by atoms with Gasteiger partial charge >= 0.3 is 18.5 Å². The van der Waals surface area contributed by atoms with Crippen molar-refractivity contribution in [2.75, 3.05) is 64.3 Å². The maximum Gasteiger partial charge on any atom is 0.573 e. The summed E-state index contributed by atoms with van der Waals surface area (Å²) in [5.41, 5.74) is 0.335. The molecule has 4 saturated heterocycles. The number of carbonyl (C=O) groups is 4. The molecule has 0 saturated carbocycles. The molecule has 3 atom stereocenters. The number of piperidine rings is 1. The molecule has 5 amide bonds. The number of hydrogen-bond donors (Lipinski definition) is 4. The SMILES string of the molecule is C[C@H]1C[C@@H](c2nc(-c3ccc(-c4ccc(NC(=O)N5CCC(N6CCN(C(=O)C(C)(C)C)CC6)CC5)cc4OC(F)(F)F)cc3)c(F)[nH]2)N(C(=O)[C@@H](NC(=O)O)C2CCOCC2)C1. The third-order valence-electron chi connectivity index (χ3n) is 12.5. The maximum atomic E-state index is 15.6. The smallest absolute Gasteiger partial charge is 0.465 e. The van der Waals surface area contributed by atoms with Gasteiger partial charge < -0.3 is 44.9 Å². The maximum absolute atomic E-state index is 15.6. The quantitative estimate of drug-likeness (QED) is 0.166. The molecule has 4 aliphatic rings. The van der Waals surface area contributed by atoms with E-state index in [1.54, 1.807) is 9.80 Å². The molecule has 342 valence electrons. The number of ether oxygens (including phenoxy) is 2. The predicted molar refractivity (Wildman–Crippen MR) is 224 cm³/mol. The largest absolute Gasteiger partial charge is 0.573 e. The zero-order chi connectivity index (χ0) is 45.2. The second-order valence-corrected chi connectivity index (χ2v) is 18.1. The van der Waals surface area contributed by atoms with Crippen LogP contribution in [0.5, 0.6) is 5.75 Å². The summed E-state index contributed by atoms with van der Waals surface area (Å²) < 4.78 is 66.6.